The topological polar surface area (TPSA) is 38.3 Å². The van der Waals surface area contributed by atoms with Crippen LogP contribution in [0.1, 0.15) is 27.2 Å². The van der Waals surface area contributed by atoms with Crippen molar-refractivity contribution in [2.45, 2.75) is 27.2 Å². The lowest BCUT2D eigenvalue weighted by Gasteiger charge is -2.22. The Hall–Kier alpha value is -1.33. The van der Waals surface area contributed by atoms with E-state index in [1.165, 1.54) is 6.42 Å². The van der Waals surface area contributed by atoms with E-state index in [0.717, 1.165) is 24.2 Å². The van der Waals surface area contributed by atoms with Crippen molar-refractivity contribution in [3.63, 3.8) is 0 Å². The van der Waals surface area contributed by atoms with E-state index in [1.807, 2.05) is 0 Å². The van der Waals surface area contributed by atoms with Gasteiger partial charge in [0.15, 0.2) is 6.61 Å². The molecule has 0 aliphatic carbocycles. The molecule has 5 heteroatoms. The van der Waals surface area contributed by atoms with Gasteiger partial charge in [-0.2, -0.15) is 0 Å². The lowest BCUT2D eigenvalue weighted by Crippen LogP contribution is -2.27. The third-order valence-corrected chi connectivity index (χ3v) is 3.77. The zero-order chi connectivity index (χ0) is 13.9. The summed E-state index contributed by atoms with van der Waals surface area (Å²) in [5.41, 5.74) is 0.344. The number of nitrogens with zero attached hydrogens (tertiary/aromatic N) is 3. The third-order valence-electron chi connectivity index (χ3n) is 3.26. The van der Waals surface area contributed by atoms with Gasteiger partial charge in [-0.25, -0.2) is 9.97 Å². The Bertz CT molecular complexity index is 519. The monoisotopic (exact) mass is 277 g/mol. The van der Waals surface area contributed by atoms with Crippen molar-refractivity contribution < 1.29 is 4.74 Å². The first kappa shape index (κ1) is 14.1. The summed E-state index contributed by atoms with van der Waals surface area (Å²) in [6.07, 6.45) is 2.74. The molecule has 0 spiro atoms. The quantitative estimate of drug-likeness (QED) is 0.621. The van der Waals surface area contributed by atoms with Crippen molar-refractivity contribution in [2.24, 2.45) is 5.41 Å². The van der Waals surface area contributed by atoms with Gasteiger partial charge in [0.05, 0.1) is 5.30 Å². The van der Waals surface area contributed by atoms with Gasteiger partial charge in [0, 0.05) is 13.1 Å². The van der Waals surface area contributed by atoms with Crippen LogP contribution in [0, 0.1) is 17.3 Å². The summed E-state index contributed by atoms with van der Waals surface area (Å²) in [6.45, 7) is 8.76. The van der Waals surface area contributed by atoms with Crippen LogP contribution in [0.3, 0.4) is 0 Å². The highest BCUT2D eigenvalue weighted by Crippen LogP contribution is 2.32. The molecule has 1 fully saturated rings. The van der Waals surface area contributed by atoms with Crippen molar-refractivity contribution in [1.29, 1.82) is 0 Å². The van der Waals surface area contributed by atoms with Crippen molar-refractivity contribution in [3.05, 3.63) is 6.33 Å². The maximum absolute atomic E-state index is 5.56. The maximum Gasteiger partial charge on any atom is 0.226 e. The molecule has 1 aliphatic heterocycles. The predicted octanol–water partition coefficient (Wildman–Crippen LogP) is 1.62. The highest BCUT2D eigenvalue weighted by atomic mass is 31.0. The Morgan fingerprint density at radius 1 is 1.47 bits per heavy atom. The van der Waals surface area contributed by atoms with Crippen LogP contribution >= 0.6 is 9.24 Å². The van der Waals surface area contributed by atoms with E-state index in [9.17, 15) is 0 Å². The summed E-state index contributed by atoms with van der Waals surface area (Å²) < 4.78 is 5.56. The molecule has 1 aromatic rings. The van der Waals surface area contributed by atoms with Gasteiger partial charge in [-0.1, -0.05) is 29.0 Å². The zero-order valence-electron chi connectivity index (χ0n) is 11.7. The number of hydrogen-bond donors (Lipinski definition) is 0. The molecule has 102 valence electrons. The van der Waals surface area contributed by atoms with E-state index in [0.29, 0.717) is 17.9 Å². The number of anilines is 1. The molecule has 0 saturated carbocycles. The van der Waals surface area contributed by atoms with Crippen LogP contribution in [0.15, 0.2) is 6.33 Å². The molecular formula is C14H20N3OP. The summed E-state index contributed by atoms with van der Waals surface area (Å²) in [5, 5.41) is 0.915. The molecule has 19 heavy (non-hydrogen) atoms. The minimum Gasteiger partial charge on any atom is -0.464 e. The molecule has 2 rings (SSSR count). The number of rotatable bonds is 3. The second-order valence-corrected chi connectivity index (χ2v) is 6.04. The second kappa shape index (κ2) is 5.75. The molecule has 1 atom stereocenters. The summed E-state index contributed by atoms with van der Waals surface area (Å²) in [7, 11) is 2.69. The van der Waals surface area contributed by atoms with E-state index < -0.39 is 0 Å². The van der Waals surface area contributed by atoms with Crippen LogP contribution in [0.2, 0.25) is 0 Å². The van der Waals surface area contributed by atoms with Gasteiger partial charge in [0.25, 0.3) is 0 Å². The Labute approximate surface area is 117 Å². The third kappa shape index (κ3) is 3.36. The summed E-state index contributed by atoms with van der Waals surface area (Å²) in [6, 6.07) is 0. The SMILES string of the molecule is CC#CCOc1ncnc(N2CCC(C)(C)C2)c1P. The van der Waals surface area contributed by atoms with Crippen molar-refractivity contribution in [3.8, 4) is 17.7 Å². The largest absolute Gasteiger partial charge is 0.464 e. The van der Waals surface area contributed by atoms with Gasteiger partial charge in [-0.05, 0) is 18.8 Å². The molecule has 0 bridgehead atoms. The van der Waals surface area contributed by atoms with Crippen molar-refractivity contribution >= 4 is 20.4 Å². The van der Waals surface area contributed by atoms with Crippen LogP contribution in [-0.2, 0) is 0 Å². The molecule has 2 heterocycles. The molecule has 0 radical (unpaired) electrons. The van der Waals surface area contributed by atoms with Gasteiger partial charge in [-0.3, -0.25) is 0 Å². The van der Waals surface area contributed by atoms with Gasteiger partial charge in [0.2, 0.25) is 5.88 Å². The highest BCUT2D eigenvalue weighted by molar-refractivity contribution is 7.28. The molecule has 4 nitrogen and oxygen atoms in total. The summed E-state index contributed by atoms with van der Waals surface area (Å²) in [5.74, 6) is 7.22. The lowest BCUT2D eigenvalue weighted by molar-refractivity contribution is 0.358. The highest BCUT2D eigenvalue weighted by Gasteiger charge is 2.31. The molecule has 0 amide bonds. The molecular weight excluding hydrogens is 257 g/mol. The predicted molar refractivity (Wildman–Crippen MR) is 80.9 cm³/mol. The molecule has 1 saturated heterocycles. The Balaban J connectivity index is 2.17. The molecule has 1 unspecified atom stereocenters. The molecule has 0 N–H and O–H groups in total. The lowest BCUT2D eigenvalue weighted by atomic mass is 9.93. The van der Waals surface area contributed by atoms with Crippen molar-refractivity contribution in [2.75, 3.05) is 24.6 Å². The fraction of sp³-hybridized carbons (Fsp3) is 0.571. The summed E-state index contributed by atoms with van der Waals surface area (Å²) in [4.78, 5) is 10.9. The fourth-order valence-corrected chi connectivity index (χ4v) is 2.62. The Morgan fingerprint density at radius 2 is 2.26 bits per heavy atom. The minimum atomic E-state index is 0.344. The zero-order valence-corrected chi connectivity index (χ0v) is 12.9. The Morgan fingerprint density at radius 3 is 2.89 bits per heavy atom. The van der Waals surface area contributed by atoms with Crippen LogP contribution in [-0.4, -0.2) is 29.7 Å². The Kier molecular flexibility index (Phi) is 4.27. The second-order valence-electron chi connectivity index (χ2n) is 5.47. The van der Waals surface area contributed by atoms with E-state index in [-0.39, 0.29) is 0 Å². The van der Waals surface area contributed by atoms with Crippen LogP contribution in [0.25, 0.3) is 0 Å². The molecule has 1 aromatic heterocycles. The average Bonchev–Trinajstić information content (AvgIpc) is 2.72. The van der Waals surface area contributed by atoms with E-state index >= 15 is 0 Å². The maximum atomic E-state index is 5.56. The van der Waals surface area contributed by atoms with E-state index in [2.05, 4.69) is 49.8 Å². The van der Waals surface area contributed by atoms with Gasteiger partial charge in [0.1, 0.15) is 12.1 Å². The molecule has 0 aromatic carbocycles. The van der Waals surface area contributed by atoms with E-state index in [1.54, 1.807) is 13.3 Å². The van der Waals surface area contributed by atoms with Crippen LogP contribution in [0.5, 0.6) is 5.88 Å². The number of hydrogen-bond acceptors (Lipinski definition) is 4. The minimum absolute atomic E-state index is 0.344. The number of aromatic nitrogens is 2. The number of ether oxygens (including phenoxy) is 1. The van der Waals surface area contributed by atoms with Crippen LogP contribution < -0.4 is 14.9 Å². The average molecular weight is 277 g/mol. The van der Waals surface area contributed by atoms with Crippen molar-refractivity contribution in [1.82, 2.24) is 9.97 Å². The fourth-order valence-electron chi connectivity index (χ4n) is 2.21. The van der Waals surface area contributed by atoms with E-state index in [4.69, 9.17) is 4.74 Å². The first-order chi connectivity index (χ1) is 9.03. The normalized spacial score (nSPS) is 16.9. The smallest absolute Gasteiger partial charge is 0.226 e. The molecule has 1 aliphatic rings. The van der Waals surface area contributed by atoms with Gasteiger partial charge >= 0.3 is 0 Å². The van der Waals surface area contributed by atoms with Gasteiger partial charge in [-0.15, -0.1) is 5.92 Å². The van der Waals surface area contributed by atoms with Gasteiger partial charge < -0.3 is 9.64 Å². The first-order valence-electron chi connectivity index (χ1n) is 6.41. The van der Waals surface area contributed by atoms with Crippen LogP contribution in [0.4, 0.5) is 5.82 Å². The standard InChI is InChI=1S/C14H20N3OP/c1-4-5-8-18-13-11(19)12(15-10-16-13)17-7-6-14(2,3)9-17/h10H,6-9,19H2,1-3H3. The first-order valence-corrected chi connectivity index (χ1v) is 6.99. The summed E-state index contributed by atoms with van der Waals surface area (Å²) >= 11 is 0.